The molecule has 3 aromatic rings. The topological polar surface area (TPSA) is 49.4 Å². The highest BCUT2D eigenvalue weighted by atomic mass is 16.2. The van der Waals surface area contributed by atoms with Gasteiger partial charge in [0.05, 0.1) is 13.0 Å². The smallest absolute Gasteiger partial charge is 0.244 e. The van der Waals surface area contributed by atoms with Crippen LogP contribution in [0.1, 0.15) is 16.7 Å². The molecule has 0 fully saturated rings. The summed E-state index contributed by atoms with van der Waals surface area (Å²) in [5, 5.41) is 4.97. The van der Waals surface area contributed by atoms with E-state index in [2.05, 4.69) is 5.32 Å². The minimum absolute atomic E-state index is 0.0207. The number of fused-ring (bicyclic) bond motifs is 1. The molecule has 0 unspecified atom stereocenters. The molecule has 0 radical (unpaired) electrons. The van der Waals surface area contributed by atoms with Gasteiger partial charge in [-0.05, 0) is 42.0 Å². The van der Waals surface area contributed by atoms with Crippen LogP contribution < -0.4 is 5.32 Å². The molecule has 0 heterocycles. The molecule has 0 aliphatic heterocycles. The molecule has 2 amide bonds. The van der Waals surface area contributed by atoms with Crippen molar-refractivity contribution in [2.24, 2.45) is 0 Å². The molecular formula is C23H24N2O2. The maximum Gasteiger partial charge on any atom is 0.244 e. The molecule has 0 aromatic heterocycles. The van der Waals surface area contributed by atoms with Crippen molar-refractivity contribution in [1.82, 2.24) is 4.90 Å². The third kappa shape index (κ3) is 4.53. The van der Waals surface area contributed by atoms with Gasteiger partial charge < -0.3 is 10.2 Å². The summed E-state index contributed by atoms with van der Waals surface area (Å²) in [4.78, 5) is 26.3. The van der Waals surface area contributed by atoms with E-state index in [-0.39, 0.29) is 18.4 Å². The molecule has 0 aliphatic carbocycles. The van der Waals surface area contributed by atoms with Crippen LogP contribution in [0, 0.1) is 13.8 Å². The van der Waals surface area contributed by atoms with E-state index < -0.39 is 0 Å². The zero-order chi connectivity index (χ0) is 19.4. The normalized spacial score (nSPS) is 10.6. The summed E-state index contributed by atoms with van der Waals surface area (Å²) in [6.07, 6.45) is 0.291. The molecule has 138 valence electrons. The number of nitrogens with one attached hydrogen (secondary N) is 1. The van der Waals surface area contributed by atoms with Crippen LogP contribution >= 0.6 is 0 Å². The number of hydrogen-bond donors (Lipinski definition) is 1. The molecule has 4 nitrogen and oxygen atoms in total. The molecular weight excluding hydrogens is 336 g/mol. The van der Waals surface area contributed by atoms with Crippen molar-refractivity contribution in [2.45, 2.75) is 20.3 Å². The van der Waals surface area contributed by atoms with E-state index in [4.69, 9.17) is 0 Å². The van der Waals surface area contributed by atoms with Crippen molar-refractivity contribution in [3.8, 4) is 0 Å². The Bertz CT molecular complexity index is 989. The van der Waals surface area contributed by atoms with Crippen LogP contribution in [-0.2, 0) is 16.0 Å². The lowest BCUT2D eigenvalue weighted by Gasteiger charge is -2.18. The molecule has 0 bridgehead atoms. The predicted octanol–water partition coefficient (Wildman–Crippen LogP) is 4.10. The number of benzene rings is 3. The Hall–Kier alpha value is -3.14. The third-order valence-corrected chi connectivity index (χ3v) is 4.80. The van der Waals surface area contributed by atoms with Gasteiger partial charge in [-0.15, -0.1) is 0 Å². The van der Waals surface area contributed by atoms with Crippen LogP contribution in [0.5, 0.6) is 0 Å². The largest absolute Gasteiger partial charge is 0.336 e. The molecule has 0 spiro atoms. The fourth-order valence-corrected chi connectivity index (χ4v) is 3.05. The maximum absolute atomic E-state index is 12.5. The highest BCUT2D eigenvalue weighted by Crippen LogP contribution is 2.22. The minimum Gasteiger partial charge on any atom is -0.336 e. The van der Waals surface area contributed by atoms with Crippen molar-refractivity contribution in [2.75, 3.05) is 18.9 Å². The Labute approximate surface area is 159 Å². The SMILES string of the molecule is Cc1ccc(CC(=O)N(C)CC(=O)Nc2cccc3ccccc23)cc1C. The zero-order valence-electron chi connectivity index (χ0n) is 16.0. The number of nitrogens with zero attached hydrogens (tertiary/aromatic N) is 1. The summed E-state index contributed by atoms with van der Waals surface area (Å²) >= 11 is 0. The van der Waals surface area contributed by atoms with Gasteiger partial charge in [0.2, 0.25) is 11.8 Å². The average Bonchev–Trinajstić information content (AvgIpc) is 2.65. The highest BCUT2D eigenvalue weighted by molar-refractivity contribution is 6.03. The lowest BCUT2D eigenvalue weighted by Crippen LogP contribution is -2.35. The van der Waals surface area contributed by atoms with Gasteiger partial charge in [0.1, 0.15) is 0 Å². The quantitative estimate of drug-likeness (QED) is 0.745. The summed E-state index contributed by atoms with van der Waals surface area (Å²) < 4.78 is 0. The predicted molar refractivity (Wildman–Crippen MR) is 110 cm³/mol. The van der Waals surface area contributed by atoms with E-state index in [1.54, 1.807) is 7.05 Å². The second-order valence-electron chi connectivity index (χ2n) is 6.92. The van der Waals surface area contributed by atoms with Gasteiger partial charge in [-0.25, -0.2) is 0 Å². The summed E-state index contributed by atoms with van der Waals surface area (Å²) in [6, 6.07) is 19.7. The van der Waals surface area contributed by atoms with E-state index in [9.17, 15) is 9.59 Å². The first-order valence-corrected chi connectivity index (χ1v) is 9.02. The second-order valence-corrected chi connectivity index (χ2v) is 6.92. The Morgan fingerprint density at radius 1 is 0.926 bits per heavy atom. The van der Waals surface area contributed by atoms with Crippen LogP contribution in [0.3, 0.4) is 0 Å². The van der Waals surface area contributed by atoms with Crippen LogP contribution in [0.4, 0.5) is 5.69 Å². The number of anilines is 1. The number of rotatable bonds is 5. The van der Waals surface area contributed by atoms with Gasteiger partial charge in [0.25, 0.3) is 0 Å². The molecule has 1 N–H and O–H groups in total. The van der Waals surface area contributed by atoms with E-state index in [0.717, 1.165) is 27.6 Å². The number of likely N-dealkylation sites (N-methyl/N-ethyl adjacent to an activating group) is 1. The third-order valence-electron chi connectivity index (χ3n) is 4.80. The van der Waals surface area contributed by atoms with Gasteiger partial charge >= 0.3 is 0 Å². The highest BCUT2D eigenvalue weighted by Gasteiger charge is 2.14. The fraction of sp³-hybridized carbons (Fsp3) is 0.217. The van der Waals surface area contributed by atoms with Crippen LogP contribution in [0.2, 0.25) is 0 Å². The number of hydrogen-bond acceptors (Lipinski definition) is 2. The van der Waals surface area contributed by atoms with Crippen molar-refractivity contribution >= 4 is 28.3 Å². The Morgan fingerprint density at radius 3 is 2.44 bits per heavy atom. The molecule has 27 heavy (non-hydrogen) atoms. The Morgan fingerprint density at radius 2 is 1.67 bits per heavy atom. The van der Waals surface area contributed by atoms with E-state index in [1.807, 2.05) is 74.5 Å². The van der Waals surface area contributed by atoms with Crippen molar-refractivity contribution in [3.63, 3.8) is 0 Å². The van der Waals surface area contributed by atoms with Crippen LogP contribution in [0.15, 0.2) is 60.7 Å². The minimum atomic E-state index is -0.206. The van der Waals surface area contributed by atoms with Gasteiger partial charge in [-0.1, -0.05) is 54.6 Å². The summed E-state index contributed by atoms with van der Waals surface area (Å²) in [5.41, 5.74) is 4.09. The zero-order valence-corrected chi connectivity index (χ0v) is 16.0. The molecule has 3 rings (SSSR count). The van der Waals surface area contributed by atoms with Crippen molar-refractivity contribution < 1.29 is 9.59 Å². The fourth-order valence-electron chi connectivity index (χ4n) is 3.05. The van der Waals surface area contributed by atoms with Gasteiger partial charge in [-0.3, -0.25) is 9.59 Å². The van der Waals surface area contributed by atoms with Gasteiger partial charge in [-0.2, -0.15) is 0 Å². The molecule has 0 atom stereocenters. The number of amides is 2. The Kier molecular flexibility index (Phi) is 5.55. The lowest BCUT2D eigenvalue weighted by molar-refractivity contribution is -0.132. The van der Waals surface area contributed by atoms with E-state index >= 15 is 0 Å². The van der Waals surface area contributed by atoms with Gasteiger partial charge in [0, 0.05) is 18.1 Å². The summed E-state index contributed by atoms with van der Waals surface area (Å²) in [7, 11) is 1.66. The number of aryl methyl sites for hydroxylation is 2. The standard InChI is InChI=1S/C23H24N2O2/c1-16-11-12-18(13-17(16)2)14-23(27)25(3)15-22(26)24-21-10-6-8-19-7-4-5-9-20(19)21/h4-13H,14-15H2,1-3H3,(H,24,26). The first-order valence-electron chi connectivity index (χ1n) is 9.02. The summed E-state index contributed by atoms with van der Waals surface area (Å²) in [5.74, 6) is -0.284. The summed E-state index contributed by atoms with van der Waals surface area (Å²) in [6.45, 7) is 4.10. The maximum atomic E-state index is 12.5. The lowest BCUT2D eigenvalue weighted by atomic mass is 10.0. The first-order chi connectivity index (χ1) is 12.9. The van der Waals surface area contributed by atoms with Crippen molar-refractivity contribution in [1.29, 1.82) is 0 Å². The van der Waals surface area contributed by atoms with E-state index in [1.165, 1.54) is 10.5 Å². The Balaban J connectivity index is 1.62. The second kappa shape index (κ2) is 8.04. The molecule has 4 heteroatoms. The molecule has 0 saturated carbocycles. The molecule has 0 saturated heterocycles. The van der Waals surface area contributed by atoms with Crippen LogP contribution in [0.25, 0.3) is 10.8 Å². The number of carbonyl (C=O) groups excluding carboxylic acids is 2. The van der Waals surface area contributed by atoms with E-state index in [0.29, 0.717) is 6.42 Å². The van der Waals surface area contributed by atoms with Crippen molar-refractivity contribution in [3.05, 3.63) is 77.4 Å². The average molecular weight is 360 g/mol. The molecule has 3 aromatic carbocycles. The monoisotopic (exact) mass is 360 g/mol. The molecule has 0 aliphatic rings. The number of carbonyl (C=O) groups is 2. The van der Waals surface area contributed by atoms with Crippen LogP contribution in [-0.4, -0.2) is 30.3 Å². The first kappa shape index (κ1) is 18.6. The van der Waals surface area contributed by atoms with Gasteiger partial charge in [0.15, 0.2) is 0 Å².